The van der Waals surface area contributed by atoms with Crippen LogP contribution in [0.4, 0.5) is 0 Å². The van der Waals surface area contributed by atoms with Crippen LogP contribution in [0.15, 0.2) is 12.1 Å². The lowest BCUT2D eigenvalue weighted by Gasteiger charge is -2.20. The molecular formula is C19H24ClN3O3. The summed E-state index contributed by atoms with van der Waals surface area (Å²) in [6.45, 7) is 5.60. The highest BCUT2D eigenvalue weighted by Crippen LogP contribution is 2.38. The summed E-state index contributed by atoms with van der Waals surface area (Å²) in [5, 5.41) is 7.90. The first-order valence-corrected chi connectivity index (χ1v) is 9.17. The van der Waals surface area contributed by atoms with Gasteiger partial charge in [0.1, 0.15) is 13.2 Å². The molecule has 6 nitrogen and oxygen atoms in total. The van der Waals surface area contributed by atoms with Crippen LogP contribution in [-0.4, -0.2) is 35.4 Å². The van der Waals surface area contributed by atoms with E-state index in [1.807, 2.05) is 37.7 Å². The van der Waals surface area contributed by atoms with E-state index in [0.717, 1.165) is 22.5 Å². The van der Waals surface area contributed by atoms with Gasteiger partial charge in [0.15, 0.2) is 11.5 Å². The van der Waals surface area contributed by atoms with E-state index in [-0.39, 0.29) is 5.91 Å². The zero-order valence-corrected chi connectivity index (χ0v) is 16.2. The largest absolute Gasteiger partial charge is 0.486 e. The van der Waals surface area contributed by atoms with Gasteiger partial charge in [-0.15, -0.1) is 0 Å². The van der Waals surface area contributed by atoms with Gasteiger partial charge in [-0.3, -0.25) is 9.48 Å². The molecule has 26 heavy (non-hydrogen) atoms. The molecule has 2 heterocycles. The summed E-state index contributed by atoms with van der Waals surface area (Å²) >= 11 is 6.24. The van der Waals surface area contributed by atoms with E-state index >= 15 is 0 Å². The fraction of sp³-hybridized carbons (Fsp3) is 0.474. The van der Waals surface area contributed by atoms with Gasteiger partial charge in [-0.1, -0.05) is 11.6 Å². The van der Waals surface area contributed by atoms with Gasteiger partial charge in [0, 0.05) is 25.7 Å². The van der Waals surface area contributed by atoms with Gasteiger partial charge in [-0.25, -0.2) is 0 Å². The van der Waals surface area contributed by atoms with Crippen LogP contribution in [-0.2, 0) is 24.7 Å². The third kappa shape index (κ3) is 4.12. The quantitative estimate of drug-likeness (QED) is 0.840. The van der Waals surface area contributed by atoms with Crippen LogP contribution in [0.5, 0.6) is 11.5 Å². The number of hydrogen-bond acceptors (Lipinski definition) is 4. The Morgan fingerprint density at radius 2 is 2.04 bits per heavy atom. The van der Waals surface area contributed by atoms with Crippen molar-refractivity contribution < 1.29 is 14.3 Å². The standard InChI is InChI=1S/C19H24ClN3O3/c1-12-15(13(2)23(3)22-12)4-5-18(24)21-7-6-14-10-16(20)19-17(11-14)25-8-9-26-19/h10-11H,4-9H2,1-3H3,(H,21,24). The highest BCUT2D eigenvalue weighted by atomic mass is 35.5. The van der Waals surface area contributed by atoms with Crippen LogP contribution in [0.1, 0.15) is 28.9 Å². The number of nitrogens with zero attached hydrogens (tertiary/aromatic N) is 2. The highest BCUT2D eigenvalue weighted by molar-refractivity contribution is 6.32. The molecule has 0 radical (unpaired) electrons. The molecule has 0 bridgehead atoms. The first-order valence-electron chi connectivity index (χ1n) is 8.79. The Bertz CT molecular complexity index is 817. The minimum absolute atomic E-state index is 0.0382. The summed E-state index contributed by atoms with van der Waals surface area (Å²) in [5.41, 5.74) is 4.27. The van der Waals surface area contributed by atoms with Gasteiger partial charge >= 0.3 is 0 Å². The zero-order valence-electron chi connectivity index (χ0n) is 15.4. The average Bonchev–Trinajstić information content (AvgIpc) is 2.85. The number of aromatic nitrogens is 2. The third-order valence-electron chi connectivity index (χ3n) is 4.65. The fourth-order valence-corrected chi connectivity index (χ4v) is 3.45. The zero-order chi connectivity index (χ0) is 18.7. The molecule has 1 N–H and O–H groups in total. The van der Waals surface area contributed by atoms with E-state index in [0.29, 0.717) is 55.5 Å². The average molecular weight is 378 g/mol. The van der Waals surface area contributed by atoms with Crippen LogP contribution < -0.4 is 14.8 Å². The minimum Gasteiger partial charge on any atom is -0.486 e. The van der Waals surface area contributed by atoms with Gasteiger partial charge in [0.05, 0.1) is 10.7 Å². The molecule has 1 aliphatic rings. The van der Waals surface area contributed by atoms with Crippen molar-refractivity contribution >= 4 is 17.5 Å². The normalized spacial score (nSPS) is 12.9. The van der Waals surface area contributed by atoms with Gasteiger partial charge in [-0.2, -0.15) is 5.10 Å². The predicted octanol–water partition coefficient (Wildman–Crippen LogP) is 2.75. The summed E-state index contributed by atoms with van der Waals surface area (Å²) in [6.07, 6.45) is 1.84. The second-order valence-corrected chi connectivity index (χ2v) is 6.88. The van der Waals surface area contributed by atoms with Gasteiger partial charge in [0.25, 0.3) is 0 Å². The van der Waals surface area contributed by atoms with E-state index in [2.05, 4.69) is 10.4 Å². The molecule has 1 amide bonds. The maximum Gasteiger partial charge on any atom is 0.220 e. The highest BCUT2D eigenvalue weighted by Gasteiger charge is 2.16. The van der Waals surface area contributed by atoms with Crippen LogP contribution in [0.3, 0.4) is 0 Å². The first-order chi connectivity index (χ1) is 12.5. The fourth-order valence-electron chi connectivity index (χ4n) is 3.16. The van der Waals surface area contributed by atoms with E-state index in [1.165, 1.54) is 0 Å². The van der Waals surface area contributed by atoms with Crippen molar-refractivity contribution in [2.45, 2.75) is 33.1 Å². The Labute approximate surface area is 158 Å². The summed E-state index contributed by atoms with van der Waals surface area (Å²) in [5.74, 6) is 1.32. The number of amides is 1. The van der Waals surface area contributed by atoms with E-state index < -0.39 is 0 Å². The number of carbonyl (C=O) groups is 1. The molecule has 1 aromatic heterocycles. The van der Waals surface area contributed by atoms with Crippen LogP contribution in [0, 0.1) is 13.8 Å². The molecule has 0 saturated heterocycles. The number of rotatable bonds is 6. The molecule has 0 saturated carbocycles. The molecule has 1 aliphatic heterocycles. The molecule has 0 fully saturated rings. The lowest BCUT2D eigenvalue weighted by atomic mass is 10.1. The Balaban J connectivity index is 1.49. The van der Waals surface area contributed by atoms with Crippen molar-refractivity contribution in [3.8, 4) is 11.5 Å². The third-order valence-corrected chi connectivity index (χ3v) is 4.93. The molecule has 1 aromatic carbocycles. The number of ether oxygens (including phenoxy) is 2. The number of benzene rings is 1. The maximum absolute atomic E-state index is 12.1. The lowest BCUT2D eigenvalue weighted by Crippen LogP contribution is -2.26. The molecule has 3 rings (SSSR count). The van der Waals surface area contributed by atoms with Crippen LogP contribution >= 0.6 is 11.6 Å². The number of hydrogen-bond donors (Lipinski definition) is 1. The smallest absolute Gasteiger partial charge is 0.220 e. The SMILES string of the molecule is Cc1nn(C)c(C)c1CCC(=O)NCCc1cc(Cl)c2c(c1)OCCO2. The van der Waals surface area contributed by atoms with E-state index in [1.54, 1.807) is 0 Å². The minimum atomic E-state index is 0.0382. The lowest BCUT2D eigenvalue weighted by molar-refractivity contribution is -0.121. The molecule has 0 aliphatic carbocycles. The molecular weight excluding hydrogens is 354 g/mol. The predicted molar refractivity (Wildman–Crippen MR) is 100 cm³/mol. The second-order valence-electron chi connectivity index (χ2n) is 6.47. The molecule has 7 heteroatoms. The summed E-state index contributed by atoms with van der Waals surface area (Å²) in [7, 11) is 1.92. The Kier molecular flexibility index (Phi) is 5.71. The number of nitrogens with one attached hydrogen (secondary N) is 1. The summed E-state index contributed by atoms with van der Waals surface area (Å²) in [6, 6.07) is 3.79. The molecule has 140 valence electrons. The molecule has 0 spiro atoms. The van der Waals surface area contributed by atoms with Crippen molar-refractivity contribution in [3.05, 3.63) is 39.7 Å². The van der Waals surface area contributed by atoms with Crippen LogP contribution in [0.25, 0.3) is 0 Å². The Morgan fingerprint density at radius 3 is 2.77 bits per heavy atom. The topological polar surface area (TPSA) is 65.4 Å². The van der Waals surface area contributed by atoms with Gasteiger partial charge < -0.3 is 14.8 Å². The molecule has 0 atom stereocenters. The van der Waals surface area contributed by atoms with Crippen molar-refractivity contribution in [2.75, 3.05) is 19.8 Å². The van der Waals surface area contributed by atoms with Crippen LogP contribution in [0.2, 0.25) is 5.02 Å². The van der Waals surface area contributed by atoms with Crippen molar-refractivity contribution in [1.82, 2.24) is 15.1 Å². The number of fused-ring (bicyclic) bond motifs is 1. The number of carbonyl (C=O) groups excluding carboxylic acids is 1. The van der Waals surface area contributed by atoms with Crippen molar-refractivity contribution in [1.29, 1.82) is 0 Å². The summed E-state index contributed by atoms with van der Waals surface area (Å²) < 4.78 is 12.9. The van der Waals surface area contributed by atoms with E-state index in [4.69, 9.17) is 21.1 Å². The van der Waals surface area contributed by atoms with Crippen molar-refractivity contribution in [3.63, 3.8) is 0 Å². The molecule has 0 unspecified atom stereocenters. The second kappa shape index (κ2) is 7.99. The van der Waals surface area contributed by atoms with Crippen molar-refractivity contribution in [2.24, 2.45) is 7.05 Å². The number of aryl methyl sites for hydroxylation is 2. The van der Waals surface area contributed by atoms with E-state index in [9.17, 15) is 4.79 Å². The first kappa shape index (κ1) is 18.6. The van der Waals surface area contributed by atoms with Gasteiger partial charge in [-0.05, 0) is 49.9 Å². The Hall–Kier alpha value is -2.21. The Morgan fingerprint density at radius 1 is 1.27 bits per heavy atom. The van der Waals surface area contributed by atoms with Gasteiger partial charge in [0.2, 0.25) is 5.91 Å². The number of halogens is 1. The maximum atomic E-state index is 12.1. The monoisotopic (exact) mass is 377 g/mol. The summed E-state index contributed by atoms with van der Waals surface area (Å²) in [4.78, 5) is 12.1. The molecule has 2 aromatic rings.